The fraction of sp³-hybridized carbons (Fsp3) is 0.667. The molecule has 118 valence electrons. The summed E-state index contributed by atoms with van der Waals surface area (Å²) in [6.07, 6.45) is 3.11. The molecule has 0 bridgehead atoms. The molecule has 0 aromatic carbocycles. The molecule has 0 unspecified atom stereocenters. The molecule has 0 radical (unpaired) electrons. The lowest BCUT2D eigenvalue weighted by molar-refractivity contribution is -0.0679. The van der Waals surface area contributed by atoms with E-state index in [0.717, 1.165) is 31.8 Å². The van der Waals surface area contributed by atoms with Crippen LogP contribution in [0.2, 0.25) is 0 Å². The highest BCUT2D eigenvalue weighted by Gasteiger charge is 2.21. The lowest BCUT2D eigenvalue weighted by atomic mass is 10.2. The van der Waals surface area contributed by atoms with Gasteiger partial charge in [-0.25, -0.2) is 4.79 Å². The predicted octanol–water partition coefficient (Wildman–Crippen LogP) is 1.58. The molecule has 1 aliphatic rings. The average Bonchev–Trinajstić information content (AvgIpc) is 2.93. The lowest BCUT2D eigenvalue weighted by Crippen LogP contribution is -2.46. The molecule has 2 amide bonds. The lowest BCUT2D eigenvalue weighted by Gasteiger charge is -2.35. The molecular weight excluding hydrogens is 270 g/mol. The Balaban J connectivity index is 1.53. The van der Waals surface area contributed by atoms with E-state index < -0.39 is 0 Å². The number of urea groups is 1. The summed E-state index contributed by atoms with van der Waals surface area (Å²) >= 11 is 0. The van der Waals surface area contributed by atoms with Crippen LogP contribution in [0, 0.1) is 0 Å². The molecule has 1 aromatic heterocycles. The van der Waals surface area contributed by atoms with Crippen molar-refractivity contribution >= 4 is 6.03 Å². The smallest absolute Gasteiger partial charge is 0.315 e. The average molecular weight is 295 g/mol. The van der Waals surface area contributed by atoms with Gasteiger partial charge in [-0.3, -0.25) is 4.90 Å². The number of nitrogens with one attached hydrogen (secondary N) is 2. The van der Waals surface area contributed by atoms with Gasteiger partial charge >= 0.3 is 6.03 Å². The number of hydrogen-bond donors (Lipinski definition) is 2. The Morgan fingerprint density at radius 3 is 2.76 bits per heavy atom. The molecule has 1 aromatic rings. The first-order chi connectivity index (χ1) is 10.1. The van der Waals surface area contributed by atoms with Crippen LogP contribution in [0.3, 0.4) is 0 Å². The monoisotopic (exact) mass is 295 g/mol. The summed E-state index contributed by atoms with van der Waals surface area (Å²) in [5.74, 6) is 0.751. The third kappa shape index (κ3) is 5.77. The van der Waals surface area contributed by atoms with Crippen LogP contribution < -0.4 is 10.6 Å². The molecule has 6 nitrogen and oxygen atoms in total. The second-order valence-corrected chi connectivity index (χ2v) is 5.56. The van der Waals surface area contributed by atoms with Gasteiger partial charge in [-0.1, -0.05) is 0 Å². The topological polar surface area (TPSA) is 66.7 Å². The van der Waals surface area contributed by atoms with Gasteiger partial charge in [-0.05, 0) is 32.4 Å². The van der Waals surface area contributed by atoms with Crippen molar-refractivity contribution in [1.29, 1.82) is 0 Å². The van der Waals surface area contributed by atoms with E-state index in [1.807, 2.05) is 6.07 Å². The van der Waals surface area contributed by atoms with E-state index in [1.165, 1.54) is 0 Å². The molecule has 2 N–H and O–H groups in total. The van der Waals surface area contributed by atoms with Crippen LogP contribution in [0.25, 0.3) is 0 Å². The Hall–Kier alpha value is -1.53. The quantitative estimate of drug-likeness (QED) is 0.782. The van der Waals surface area contributed by atoms with E-state index >= 15 is 0 Å². The van der Waals surface area contributed by atoms with Crippen molar-refractivity contribution in [3.63, 3.8) is 0 Å². The molecular formula is C15H25N3O3. The highest BCUT2D eigenvalue weighted by Crippen LogP contribution is 2.10. The number of furan rings is 1. The van der Waals surface area contributed by atoms with E-state index in [0.29, 0.717) is 25.3 Å². The molecule has 1 aliphatic heterocycles. The van der Waals surface area contributed by atoms with Crippen LogP contribution in [0.4, 0.5) is 4.79 Å². The Bertz CT molecular complexity index is 412. The maximum atomic E-state index is 11.6. The fourth-order valence-electron chi connectivity index (χ4n) is 2.61. The highest BCUT2D eigenvalue weighted by molar-refractivity contribution is 5.73. The zero-order valence-electron chi connectivity index (χ0n) is 12.8. The number of ether oxygens (including phenoxy) is 1. The van der Waals surface area contributed by atoms with Crippen molar-refractivity contribution in [2.45, 2.75) is 39.0 Å². The standard InChI is InChI=1S/C15H25N3O3/c1-12-10-18(11-13(2)21-12)7-4-6-16-15(19)17-9-14-5-3-8-20-14/h3,5,8,12-13H,4,6-7,9-11H2,1-2H3,(H2,16,17,19)/t12-,13+. The molecule has 2 heterocycles. The Morgan fingerprint density at radius 1 is 1.33 bits per heavy atom. The van der Waals surface area contributed by atoms with Gasteiger partial charge in [0.1, 0.15) is 5.76 Å². The van der Waals surface area contributed by atoms with Crippen molar-refractivity contribution in [1.82, 2.24) is 15.5 Å². The number of rotatable bonds is 6. The number of hydrogen-bond acceptors (Lipinski definition) is 4. The first-order valence-corrected chi connectivity index (χ1v) is 7.55. The molecule has 1 saturated heterocycles. The number of carbonyl (C=O) groups excluding carboxylic acids is 1. The number of carbonyl (C=O) groups is 1. The van der Waals surface area contributed by atoms with Gasteiger partial charge in [-0.15, -0.1) is 0 Å². The van der Waals surface area contributed by atoms with Crippen LogP contribution in [0.1, 0.15) is 26.0 Å². The van der Waals surface area contributed by atoms with Gasteiger partial charge in [0.2, 0.25) is 0 Å². The van der Waals surface area contributed by atoms with Crippen LogP contribution in [-0.2, 0) is 11.3 Å². The number of nitrogens with zero attached hydrogens (tertiary/aromatic N) is 1. The summed E-state index contributed by atoms with van der Waals surface area (Å²) in [5.41, 5.74) is 0. The Morgan fingerprint density at radius 2 is 2.10 bits per heavy atom. The van der Waals surface area contributed by atoms with E-state index in [4.69, 9.17) is 9.15 Å². The van der Waals surface area contributed by atoms with Gasteiger partial charge in [0.05, 0.1) is 25.0 Å². The molecule has 6 heteroatoms. The highest BCUT2D eigenvalue weighted by atomic mass is 16.5. The van der Waals surface area contributed by atoms with Gasteiger partial charge in [0.25, 0.3) is 0 Å². The largest absolute Gasteiger partial charge is 0.467 e. The molecule has 0 saturated carbocycles. The first-order valence-electron chi connectivity index (χ1n) is 7.55. The minimum atomic E-state index is -0.157. The van der Waals surface area contributed by atoms with Crippen molar-refractivity contribution in [3.05, 3.63) is 24.2 Å². The SMILES string of the molecule is C[C@@H]1CN(CCCNC(=O)NCc2ccco2)C[C@H](C)O1. The maximum absolute atomic E-state index is 11.6. The van der Waals surface area contributed by atoms with Crippen LogP contribution in [0.5, 0.6) is 0 Å². The second kappa shape index (κ2) is 8.05. The van der Waals surface area contributed by atoms with Crippen LogP contribution in [0.15, 0.2) is 22.8 Å². The van der Waals surface area contributed by atoms with E-state index in [9.17, 15) is 4.79 Å². The maximum Gasteiger partial charge on any atom is 0.315 e. The minimum absolute atomic E-state index is 0.157. The normalized spacial score (nSPS) is 23.0. The first kappa shape index (κ1) is 15.9. The summed E-state index contributed by atoms with van der Waals surface area (Å²) < 4.78 is 10.8. The van der Waals surface area contributed by atoms with Crippen LogP contribution >= 0.6 is 0 Å². The van der Waals surface area contributed by atoms with Crippen molar-refractivity contribution in [2.24, 2.45) is 0 Å². The summed E-state index contributed by atoms with van der Waals surface area (Å²) in [6, 6.07) is 3.48. The number of amides is 2. The molecule has 0 spiro atoms. The molecule has 0 aliphatic carbocycles. The summed E-state index contributed by atoms with van der Waals surface area (Å²) in [5, 5.41) is 5.62. The zero-order chi connectivity index (χ0) is 15.1. The van der Waals surface area contributed by atoms with E-state index in [-0.39, 0.29) is 6.03 Å². The molecule has 21 heavy (non-hydrogen) atoms. The second-order valence-electron chi connectivity index (χ2n) is 5.56. The molecule has 2 rings (SSSR count). The Labute approximate surface area is 125 Å². The van der Waals surface area contributed by atoms with Crippen molar-refractivity contribution in [3.8, 4) is 0 Å². The zero-order valence-corrected chi connectivity index (χ0v) is 12.8. The Kier molecular flexibility index (Phi) is 6.07. The third-order valence-corrected chi connectivity index (χ3v) is 3.44. The molecule has 1 fully saturated rings. The summed E-state index contributed by atoms with van der Waals surface area (Å²) in [7, 11) is 0. The van der Waals surface area contributed by atoms with E-state index in [2.05, 4.69) is 29.4 Å². The predicted molar refractivity (Wildman–Crippen MR) is 80.0 cm³/mol. The van der Waals surface area contributed by atoms with Crippen molar-refractivity contribution in [2.75, 3.05) is 26.2 Å². The summed E-state index contributed by atoms with van der Waals surface area (Å²) in [6.45, 7) is 8.20. The summed E-state index contributed by atoms with van der Waals surface area (Å²) in [4.78, 5) is 14.0. The van der Waals surface area contributed by atoms with Crippen LogP contribution in [-0.4, -0.2) is 49.3 Å². The van der Waals surface area contributed by atoms with Gasteiger partial charge in [0, 0.05) is 26.2 Å². The minimum Gasteiger partial charge on any atom is -0.467 e. The fourth-order valence-corrected chi connectivity index (χ4v) is 2.61. The number of morpholine rings is 1. The van der Waals surface area contributed by atoms with Gasteiger partial charge in [-0.2, -0.15) is 0 Å². The van der Waals surface area contributed by atoms with Gasteiger partial charge in [0.15, 0.2) is 0 Å². The molecule has 2 atom stereocenters. The van der Waals surface area contributed by atoms with Gasteiger partial charge < -0.3 is 19.8 Å². The third-order valence-electron chi connectivity index (χ3n) is 3.44. The van der Waals surface area contributed by atoms with Crippen molar-refractivity contribution < 1.29 is 13.9 Å². The van der Waals surface area contributed by atoms with E-state index in [1.54, 1.807) is 12.3 Å².